The van der Waals surface area contributed by atoms with Crippen molar-refractivity contribution in [2.24, 2.45) is 0 Å². The van der Waals surface area contributed by atoms with Crippen LogP contribution in [0.15, 0.2) is 121 Å². The van der Waals surface area contributed by atoms with Crippen molar-refractivity contribution in [3.63, 3.8) is 0 Å². The molecule has 0 saturated carbocycles. The fourth-order valence-electron chi connectivity index (χ4n) is 8.11. The molecule has 0 spiro atoms. The van der Waals surface area contributed by atoms with Crippen LogP contribution in [0.5, 0.6) is 0 Å². The predicted molar refractivity (Wildman–Crippen MR) is 204 cm³/mol. The molecule has 5 heteroatoms. The van der Waals surface area contributed by atoms with Crippen LogP contribution >= 0.6 is 24.4 Å². The molecule has 47 heavy (non-hydrogen) atoms. The molecule has 8 aromatic rings. The third-order valence-electron chi connectivity index (χ3n) is 10.1. The van der Waals surface area contributed by atoms with E-state index in [0.29, 0.717) is 0 Å². The predicted octanol–water partition coefficient (Wildman–Crippen LogP) is 12.5. The zero-order chi connectivity index (χ0) is 31.7. The van der Waals surface area contributed by atoms with Crippen LogP contribution in [0.25, 0.3) is 54.7 Å². The molecule has 0 aliphatic heterocycles. The van der Waals surface area contributed by atoms with Gasteiger partial charge in [0.25, 0.3) is 0 Å². The van der Waals surface area contributed by atoms with Gasteiger partial charge in [-0.25, -0.2) is 0 Å². The first-order valence-corrected chi connectivity index (χ1v) is 28.0. The molecule has 0 N–H and O–H groups in total. The molecule has 0 amide bonds. The van der Waals surface area contributed by atoms with E-state index in [0.717, 1.165) is 0 Å². The Labute approximate surface area is 299 Å². The van der Waals surface area contributed by atoms with E-state index in [9.17, 15) is 0 Å². The molecule has 6 aromatic carbocycles. The van der Waals surface area contributed by atoms with Gasteiger partial charge in [-0.15, -0.1) is 82.2 Å². The first-order chi connectivity index (χ1) is 23.2. The Balaban J connectivity index is 0.000000128. The average molecular weight is 820 g/mol. The van der Waals surface area contributed by atoms with Crippen molar-refractivity contribution in [3.8, 4) is 11.4 Å². The largest absolute Gasteiger partial charge is 0.332 e. The Bertz CT molecular complexity index is 2100. The molecule has 2 aromatic heterocycles. The second-order valence-corrected chi connectivity index (χ2v) is 24.1. The van der Waals surface area contributed by atoms with Gasteiger partial charge in [0.05, 0.1) is 11.0 Å². The van der Waals surface area contributed by atoms with Gasteiger partial charge in [0, 0.05) is 22.2 Å². The minimum absolute atomic E-state index is 0.145. The van der Waals surface area contributed by atoms with Crippen molar-refractivity contribution in [1.82, 2.24) is 9.13 Å². The summed E-state index contributed by atoms with van der Waals surface area (Å²) in [5.74, 6) is 0. The second-order valence-electron chi connectivity index (χ2n) is 12.7. The molecule has 0 saturated heterocycles. The molecule has 232 valence electrons. The van der Waals surface area contributed by atoms with Crippen molar-refractivity contribution < 1.29 is 18.5 Å². The summed E-state index contributed by atoms with van der Waals surface area (Å²) in [6.07, 6.45) is 10.1. The molecule has 2 heterocycles. The Morgan fingerprint density at radius 2 is 0.872 bits per heavy atom. The van der Waals surface area contributed by atoms with E-state index in [2.05, 4.69) is 155 Å². The van der Waals surface area contributed by atoms with E-state index in [-0.39, 0.29) is 18.5 Å². The Morgan fingerprint density at radius 1 is 0.489 bits per heavy atom. The van der Waals surface area contributed by atoms with Crippen LogP contribution in [-0.2, 0) is 44.2 Å². The number of rotatable bonds is 2. The Kier molecular flexibility index (Phi) is 9.23. The minimum Gasteiger partial charge on any atom is -0.332 e. The summed E-state index contributed by atoms with van der Waals surface area (Å²) < 4.78 is 5.01. The quantitative estimate of drug-likeness (QED) is 0.154. The molecule has 0 unspecified atom stereocenters. The van der Waals surface area contributed by atoms with Crippen molar-refractivity contribution in [2.75, 3.05) is 0 Å². The number of hydrogen-bond donors (Lipinski definition) is 0. The fraction of sp³-hybridized carbons (Fsp3) is 0.190. The summed E-state index contributed by atoms with van der Waals surface area (Å²) in [4.78, 5) is 0. The Morgan fingerprint density at radius 3 is 1.32 bits per heavy atom. The molecule has 2 nitrogen and oxygen atoms in total. The van der Waals surface area contributed by atoms with Crippen LogP contribution in [0, 0.1) is 0 Å². The fourth-order valence-corrected chi connectivity index (χ4v) is 8.11. The number of halogens is 2. The summed E-state index contributed by atoms with van der Waals surface area (Å²) in [6, 6.07) is 44.4. The summed E-state index contributed by atoms with van der Waals surface area (Å²) in [6.45, 7) is 0. The van der Waals surface area contributed by atoms with Gasteiger partial charge in [0.1, 0.15) is 0 Å². The Hall–Kier alpha value is -2.98. The minimum atomic E-state index is -0.145. The van der Waals surface area contributed by atoms with Crippen LogP contribution in [-0.4, -0.2) is 9.13 Å². The smallest absolute Gasteiger partial charge is 0.0516 e. The van der Waals surface area contributed by atoms with E-state index in [1.54, 1.807) is 11.1 Å². The zero-order valence-electron chi connectivity index (χ0n) is 26.4. The van der Waals surface area contributed by atoms with E-state index in [1.165, 1.54) is 117 Å². The average Bonchev–Trinajstić information content (AvgIpc) is 3.89. The number of aromatic nitrogens is 2. The van der Waals surface area contributed by atoms with E-state index in [4.69, 9.17) is 0 Å². The van der Waals surface area contributed by atoms with E-state index >= 15 is 0 Å². The number of aryl methyl sites for hydroxylation is 2. The number of para-hydroxylation sites is 2. The third-order valence-corrected chi connectivity index (χ3v) is 10.1. The van der Waals surface area contributed by atoms with Crippen LogP contribution in [0.4, 0.5) is 0 Å². The topological polar surface area (TPSA) is 9.86 Å². The number of benzene rings is 4. The summed E-state index contributed by atoms with van der Waals surface area (Å²) in [5.41, 5.74) is 11.6. The summed E-state index contributed by atoms with van der Waals surface area (Å²) in [7, 11) is 0. The van der Waals surface area contributed by atoms with E-state index < -0.39 is 0 Å². The van der Waals surface area contributed by atoms with Crippen molar-refractivity contribution in [3.05, 3.63) is 144 Å². The normalized spacial score (nSPS) is 13.8. The molecule has 2 aliphatic carbocycles. The van der Waals surface area contributed by atoms with Crippen molar-refractivity contribution in [1.29, 1.82) is 0 Å². The van der Waals surface area contributed by atoms with Crippen molar-refractivity contribution >= 4 is 67.8 Å². The van der Waals surface area contributed by atoms with Gasteiger partial charge < -0.3 is 9.13 Å². The number of hydrogen-bond acceptors (Lipinski definition) is 0. The summed E-state index contributed by atoms with van der Waals surface area (Å²) in [5, 5.41) is 8.23. The van der Waals surface area contributed by atoms with Crippen LogP contribution < -0.4 is 0 Å². The summed E-state index contributed by atoms with van der Waals surface area (Å²) >= 11 is 6.32. The SMILES string of the molecule is [Br][Zr+2][Br].c1ccc2[cH-]c(-n3c4c(c5ccccc53)CCCC4)cc2c1.c1ccc2[cH-]c(-n3c4c(c5ccccc53)CCCC4)cc2c1. The van der Waals surface area contributed by atoms with Crippen LogP contribution in [0.3, 0.4) is 0 Å². The third kappa shape index (κ3) is 5.87. The van der Waals surface area contributed by atoms with Crippen molar-refractivity contribution in [2.45, 2.75) is 51.4 Å². The van der Waals surface area contributed by atoms with Gasteiger partial charge in [-0.3, -0.25) is 0 Å². The van der Waals surface area contributed by atoms with Crippen LogP contribution in [0.2, 0.25) is 0 Å². The van der Waals surface area contributed by atoms with E-state index in [1.807, 2.05) is 0 Å². The molecule has 0 fully saturated rings. The number of nitrogens with zero attached hydrogens (tertiary/aromatic N) is 2. The molecule has 10 rings (SSSR count). The zero-order valence-corrected chi connectivity index (χ0v) is 32.0. The van der Waals surface area contributed by atoms with Gasteiger partial charge in [-0.2, -0.15) is 0 Å². The van der Waals surface area contributed by atoms with Gasteiger partial charge in [0.15, 0.2) is 0 Å². The second kappa shape index (κ2) is 13.9. The van der Waals surface area contributed by atoms with Gasteiger partial charge >= 0.3 is 43.0 Å². The first kappa shape index (κ1) is 31.3. The molecular weight excluding hydrogens is 784 g/mol. The van der Waals surface area contributed by atoms with Crippen LogP contribution in [0.1, 0.15) is 48.2 Å². The monoisotopic (exact) mass is 816 g/mol. The standard InChI is InChI=1S/2C21H18N.2BrH.Zr/c2*1-2-8-16-14-17(13-15(16)7-1)22-20-11-5-3-9-18(20)19-10-4-6-12-21(19)22;;;/h2*1-3,5,7-9,11,13-14H,4,6,10,12H2;2*1H;/q2*-1;;;+4/p-2. The molecule has 0 atom stereocenters. The first-order valence-electron chi connectivity index (χ1n) is 16.8. The molecule has 0 bridgehead atoms. The molecule has 0 radical (unpaired) electrons. The number of fused-ring (bicyclic) bond motifs is 8. The maximum Gasteiger partial charge on any atom is 0.0516 e. The van der Waals surface area contributed by atoms with Gasteiger partial charge in [0.2, 0.25) is 0 Å². The molecular formula is C42H36Br2N2Zr. The molecule has 2 aliphatic rings. The maximum atomic E-state index is 3.23. The van der Waals surface area contributed by atoms with Gasteiger partial charge in [-0.05, 0) is 86.0 Å². The van der Waals surface area contributed by atoms with Gasteiger partial charge in [-0.1, -0.05) is 48.5 Å². The maximum absolute atomic E-state index is 3.23.